The van der Waals surface area contributed by atoms with Crippen molar-refractivity contribution in [3.05, 3.63) is 36.4 Å². The van der Waals surface area contributed by atoms with Crippen LogP contribution in [0.15, 0.2) is 46.4 Å². The average Bonchev–Trinajstić information content (AvgIpc) is 3.06. The van der Waals surface area contributed by atoms with Crippen LogP contribution in [0.1, 0.15) is 6.92 Å². The Morgan fingerprint density at radius 2 is 2.17 bits per heavy atom. The molecule has 9 heteroatoms. The molecular weight excluding hydrogens is 324 g/mol. The van der Waals surface area contributed by atoms with Gasteiger partial charge in [-0.2, -0.15) is 5.10 Å². The molecule has 0 aliphatic rings. The van der Waals surface area contributed by atoms with E-state index in [0.717, 1.165) is 10.6 Å². The van der Waals surface area contributed by atoms with Crippen molar-refractivity contribution in [2.75, 3.05) is 16.9 Å². The van der Waals surface area contributed by atoms with E-state index in [0.29, 0.717) is 34.2 Å². The van der Waals surface area contributed by atoms with Crippen molar-refractivity contribution < 1.29 is 0 Å². The van der Waals surface area contributed by atoms with Gasteiger partial charge in [-0.15, -0.1) is 16.9 Å². The van der Waals surface area contributed by atoms with Crippen molar-refractivity contribution >= 4 is 45.9 Å². The van der Waals surface area contributed by atoms with Gasteiger partial charge in [-0.25, -0.2) is 10.1 Å². The predicted molar refractivity (Wildman–Crippen MR) is 97.7 cm³/mol. The van der Waals surface area contributed by atoms with Crippen molar-refractivity contribution in [3.8, 4) is 0 Å². The van der Waals surface area contributed by atoms with Crippen LogP contribution in [0, 0.1) is 5.41 Å². The summed E-state index contributed by atoms with van der Waals surface area (Å²) in [5.74, 6) is 0.829. The number of benzene rings is 1. The number of para-hydroxylation sites is 1. The molecule has 0 unspecified atom stereocenters. The first-order chi connectivity index (χ1) is 11.6. The van der Waals surface area contributed by atoms with Gasteiger partial charge in [0.25, 0.3) is 0 Å². The lowest BCUT2D eigenvalue weighted by molar-refractivity contribution is 0.953. The van der Waals surface area contributed by atoms with Crippen LogP contribution in [-0.4, -0.2) is 37.6 Å². The first kappa shape index (κ1) is 15.9. The number of aromatic nitrogens is 4. The number of H-pyrrole nitrogens is 1. The fraction of sp³-hybridized carbons (Fsp3) is 0.133. The van der Waals surface area contributed by atoms with Crippen LogP contribution < -0.4 is 11.2 Å². The summed E-state index contributed by atoms with van der Waals surface area (Å²) in [5.41, 5.74) is 11.8. The largest absolute Gasteiger partial charge is 0.384 e. The Hall–Kier alpha value is -2.94. The number of nitrogens with two attached hydrogens (primary N) is 1. The number of nitrogens with zero attached hydrogens (tertiary/aromatic N) is 4. The molecule has 0 spiro atoms. The molecule has 3 rings (SSSR count). The minimum absolute atomic E-state index is 0.388. The third-order valence-electron chi connectivity index (χ3n) is 3.22. The predicted octanol–water partition coefficient (Wildman–Crippen LogP) is 2.53. The highest BCUT2D eigenvalue weighted by molar-refractivity contribution is 8.00. The SMILES string of the molecule is C/C(=N/Nc1ccccc1)C(=N)CSc1cc(N)nc2[nH]nnc12. The Morgan fingerprint density at radius 3 is 2.96 bits per heavy atom. The summed E-state index contributed by atoms with van der Waals surface area (Å²) in [4.78, 5) is 4.95. The third-order valence-corrected chi connectivity index (χ3v) is 4.27. The molecule has 0 saturated carbocycles. The van der Waals surface area contributed by atoms with Crippen LogP contribution in [0.25, 0.3) is 11.2 Å². The first-order valence-corrected chi connectivity index (χ1v) is 8.15. The van der Waals surface area contributed by atoms with Gasteiger partial charge in [-0.1, -0.05) is 23.4 Å². The Balaban J connectivity index is 1.65. The van der Waals surface area contributed by atoms with E-state index in [1.165, 1.54) is 11.8 Å². The van der Waals surface area contributed by atoms with E-state index in [-0.39, 0.29) is 0 Å². The van der Waals surface area contributed by atoms with Crippen molar-refractivity contribution in [3.63, 3.8) is 0 Å². The highest BCUT2D eigenvalue weighted by atomic mass is 32.2. The molecule has 0 radical (unpaired) electrons. The van der Waals surface area contributed by atoms with Crippen LogP contribution in [-0.2, 0) is 0 Å². The molecule has 0 amide bonds. The smallest absolute Gasteiger partial charge is 0.179 e. The molecule has 24 heavy (non-hydrogen) atoms. The number of anilines is 2. The zero-order valence-electron chi connectivity index (χ0n) is 12.9. The first-order valence-electron chi connectivity index (χ1n) is 7.16. The van der Waals surface area contributed by atoms with Gasteiger partial charge < -0.3 is 11.1 Å². The maximum Gasteiger partial charge on any atom is 0.179 e. The van der Waals surface area contributed by atoms with E-state index in [1.54, 1.807) is 13.0 Å². The number of aromatic amines is 1. The third kappa shape index (κ3) is 3.69. The molecule has 0 aliphatic heterocycles. The molecule has 0 bridgehead atoms. The number of nitrogen functional groups attached to an aromatic ring is 1. The maximum absolute atomic E-state index is 8.15. The van der Waals surface area contributed by atoms with Crippen molar-refractivity contribution in [1.82, 2.24) is 20.4 Å². The maximum atomic E-state index is 8.15. The van der Waals surface area contributed by atoms with Gasteiger partial charge in [-0.05, 0) is 25.1 Å². The van der Waals surface area contributed by atoms with Crippen LogP contribution in [0.2, 0.25) is 0 Å². The van der Waals surface area contributed by atoms with Crippen LogP contribution >= 0.6 is 11.8 Å². The summed E-state index contributed by atoms with van der Waals surface area (Å²) in [7, 11) is 0. The molecule has 2 aromatic heterocycles. The van der Waals surface area contributed by atoms with E-state index in [1.807, 2.05) is 30.3 Å². The highest BCUT2D eigenvalue weighted by Gasteiger charge is 2.10. The monoisotopic (exact) mass is 340 g/mol. The van der Waals surface area contributed by atoms with Gasteiger partial charge in [0.1, 0.15) is 11.3 Å². The van der Waals surface area contributed by atoms with Gasteiger partial charge in [0.05, 0.1) is 17.1 Å². The Morgan fingerprint density at radius 1 is 1.38 bits per heavy atom. The standard InChI is InChI=1S/C15H16N8S/c1-9(19-20-10-5-3-2-4-6-10)11(16)8-24-12-7-13(17)18-15-14(12)21-23-22-15/h2-7,16,20H,8H2,1H3,(H3,17,18,21,22,23)/b16-11?,19-9-. The summed E-state index contributed by atoms with van der Waals surface area (Å²) in [6, 6.07) is 11.3. The second-order valence-electron chi connectivity index (χ2n) is 5.00. The minimum atomic E-state index is 0.388. The number of fused-ring (bicyclic) bond motifs is 1. The van der Waals surface area contributed by atoms with Gasteiger partial charge in [0, 0.05) is 10.6 Å². The summed E-state index contributed by atoms with van der Waals surface area (Å²) >= 11 is 1.45. The zero-order valence-corrected chi connectivity index (χ0v) is 13.8. The molecule has 8 nitrogen and oxygen atoms in total. The second-order valence-corrected chi connectivity index (χ2v) is 6.01. The zero-order chi connectivity index (χ0) is 16.9. The number of hydrogen-bond donors (Lipinski definition) is 4. The molecule has 3 aromatic rings. The number of nitrogens with one attached hydrogen (secondary N) is 3. The summed E-state index contributed by atoms with van der Waals surface area (Å²) in [6.45, 7) is 1.80. The average molecular weight is 340 g/mol. The Bertz CT molecular complexity index is 887. The molecule has 0 fully saturated rings. The van der Waals surface area contributed by atoms with Crippen LogP contribution in [0.4, 0.5) is 11.5 Å². The Labute approximate surface area is 142 Å². The number of hydrogen-bond acceptors (Lipinski definition) is 8. The van der Waals surface area contributed by atoms with E-state index < -0.39 is 0 Å². The lowest BCUT2D eigenvalue weighted by Crippen LogP contribution is -2.13. The molecule has 5 N–H and O–H groups in total. The topological polar surface area (TPSA) is 129 Å². The van der Waals surface area contributed by atoms with Crippen molar-refractivity contribution in [2.24, 2.45) is 5.10 Å². The summed E-state index contributed by atoms with van der Waals surface area (Å²) in [6.07, 6.45) is 0. The quantitative estimate of drug-likeness (QED) is 0.310. The molecule has 2 heterocycles. The number of hydrazone groups is 1. The number of thioether (sulfide) groups is 1. The second kappa shape index (κ2) is 7.09. The lowest BCUT2D eigenvalue weighted by atomic mass is 10.3. The van der Waals surface area contributed by atoms with Gasteiger partial charge in [0.15, 0.2) is 5.65 Å². The molecule has 0 atom stereocenters. The van der Waals surface area contributed by atoms with E-state index in [4.69, 9.17) is 11.1 Å². The highest BCUT2D eigenvalue weighted by Crippen LogP contribution is 2.26. The summed E-state index contributed by atoms with van der Waals surface area (Å²) in [5, 5.41) is 22.8. The van der Waals surface area contributed by atoms with Gasteiger partial charge >= 0.3 is 0 Å². The normalized spacial score (nSPS) is 11.6. The fourth-order valence-electron chi connectivity index (χ4n) is 1.92. The van der Waals surface area contributed by atoms with Gasteiger partial charge in [0.2, 0.25) is 0 Å². The van der Waals surface area contributed by atoms with Gasteiger partial charge in [-0.3, -0.25) is 5.43 Å². The lowest BCUT2D eigenvalue weighted by Gasteiger charge is -2.06. The minimum Gasteiger partial charge on any atom is -0.384 e. The van der Waals surface area contributed by atoms with E-state index in [9.17, 15) is 0 Å². The molecule has 1 aromatic carbocycles. The van der Waals surface area contributed by atoms with Crippen LogP contribution in [0.5, 0.6) is 0 Å². The molecular formula is C15H16N8S. The molecule has 0 saturated heterocycles. The van der Waals surface area contributed by atoms with Crippen LogP contribution in [0.3, 0.4) is 0 Å². The number of rotatable bonds is 6. The number of pyridine rings is 1. The van der Waals surface area contributed by atoms with E-state index in [2.05, 4.69) is 30.9 Å². The molecule has 0 aliphatic carbocycles. The fourth-order valence-corrected chi connectivity index (χ4v) is 2.91. The summed E-state index contributed by atoms with van der Waals surface area (Å²) < 4.78 is 0. The van der Waals surface area contributed by atoms with Crippen molar-refractivity contribution in [2.45, 2.75) is 11.8 Å². The van der Waals surface area contributed by atoms with E-state index >= 15 is 0 Å². The van der Waals surface area contributed by atoms with Crippen molar-refractivity contribution in [1.29, 1.82) is 5.41 Å². The Kier molecular flexibility index (Phi) is 4.71. The molecule has 122 valence electrons.